The van der Waals surface area contributed by atoms with Crippen LogP contribution in [0.5, 0.6) is 17.2 Å². The summed E-state index contributed by atoms with van der Waals surface area (Å²) in [6.45, 7) is 1.99. The van der Waals surface area contributed by atoms with Gasteiger partial charge in [-0.2, -0.15) is 0 Å². The molecule has 1 aromatic heterocycles. The third-order valence-corrected chi connectivity index (χ3v) is 5.49. The van der Waals surface area contributed by atoms with Gasteiger partial charge in [-0.1, -0.05) is 0 Å². The van der Waals surface area contributed by atoms with E-state index in [0.29, 0.717) is 35.8 Å². The summed E-state index contributed by atoms with van der Waals surface area (Å²) < 4.78 is 21.2. The molecule has 0 bridgehead atoms. The van der Waals surface area contributed by atoms with Crippen molar-refractivity contribution in [1.82, 2.24) is 15.3 Å². The zero-order valence-electron chi connectivity index (χ0n) is 18.7. The molecule has 2 heterocycles. The summed E-state index contributed by atoms with van der Waals surface area (Å²) in [4.78, 5) is 30.8. The van der Waals surface area contributed by atoms with Crippen LogP contribution in [0.3, 0.4) is 0 Å². The van der Waals surface area contributed by atoms with Crippen LogP contribution in [0.2, 0.25) is 0 Å². The lowest BCUT2D eigenvalue weighted by molar-refractivity contribution is -0.385. The highest BCUT2D eigenvalue weighted by atomic mass is 16.6. The molecule has 178 valence electrons. The number of ether oxygens (including phenoxy) is 4. The van der Waals surface area contributed by atoms with Gasteiger partial charge in [0.1, 0.15) is 6.33 Å². The van der Waals surface area contributed by atoms with Gasteiger partial charge in [-0.15, -0.1) is 0 Å². The molecule has 0 amide bonds. The number of benzene rings is 1. The standard InChI is InChI=1S/C21H27N5O7/c1-30-16-9-14(10-17(31-2)20(16)32-3)25-21-19(26(28)29)18(23-11-24-21)15(33-12-27)8-13-4-6-22-7-5-13/h9-13,15,22H,4-8H2,1-3H3,(H,23,24,25). The van der Waals surface area contributed by atoms with Crippen molar-refractivity contribution in [3.8, 4) is 17.2 Å². The molecule has 1 unspecified atom stereocenters. The maximum atomic E-state index is 12.0. The molecule has 2 aromatic rings. The second-order valence-corrected chi connectivity index (χ2v) is 7.40. The smallest absolute Gasteiger partial charge is 0.336 e. The van der Waals surface area contributed by atoms with E-state index in [4.69, 9.17) is 18.9 Å². The van der Waals surface area contributed by atoms with E-state index in [-0.39, 0.29) is 23.1 Å². The quantitative estimate of drug-likeness (QED) is 0.289. The first-order chi connectivity index (χ1) is 16.0. The van der Waals surface area contributed by atoms with Crippen LogP contribution in [0.15, 0.2) is 18.5 Å². The predicted octanol–water partition coefficient (Wildman–Crippen LogP) is 2.76. The van der Waals surface area contributed by atoms with Crippen molar-refractivity contribution in [3.63, 3.8) is 0 Å². The summed E-state index contributed by atoms with van der Waals surface area (Å²) in [6, 6.07) is 3.20. The predicted molar refractivity (Wildman–Crippen MR) is 118 cm³/mol. The van der Waals surface area contributed by atoms with Crippen molar-refractivity contribution < 1.29 is 28.7 Å². The second kappa shape index (κ2) is 11.3. The zero-order valence-corrected chi connectivity index (χ0v) is 18.7. The van der Waals surface area contributed by atoms with E-state index >= 15 is 0 Å². The summed E-state index contributed by atoms with van der Waals surface area (Å²) in [6.07, 6.45) is 2.53. The lowest BCUT2D eigenvalue weighted by atomic mass is 9.90. The Morgan fingerprint density at radius 2 is 1.85 bits per heavy atom. The Morgan fingerprint density at radius 3 is 2.39 bits per heavy atom. The number of hydrogen-bond acceptors (Lipinski definition) is 11. The van der Waals surface area contributed by atoms with E-state index in [1.807, 2.05) is 0 Å². The van der Waals surface area contributed by atoms with Gasteiger partial charge >= 0.3 is 5.69 Å². The van der Waals surface area contributed by atoms with Crippen LogP contribution in [-0.2, 0) is 9.53 Å². The maximum Gasteiger partial charge on any atom is 0.336 e. The van der Waals surface area contributed by atoms with E-state index < -0.39 is 11.0 Å². The van der Waals surface area contributed by atoms with E-state index in [2.05, 4.69) is 20.6 Å². The molecule has 0 saturated carbocycles. The number of aromatic nitrogens is 2. The van der Waals surface area contributed by atoms with Gasteiger partial charge in [-0.25, -0.2) is 9.97 Å². The van der Waals surface area contributed by atoms with E-state index in [0.717, 1.165) is 25.9 Å². The number of carbonyl (C=O) groups is 1. The molecular weight excluding hydrogens is 434 g/mol. The zero-order chi connectivity index (χ0) is 23.8. The number of nitro groups is 1. The average molecular weight is 461 g/mol. The molecular formula is C21H27N5O7. The van der Waals surface area contributed by atoms with Crippen LogP contribution >= 0.6 is 0 Å². The Morgan fingerprint density at radius 1 is 1.18 bits per heavy atom. The molecule has 12 nitrogen and oxygen atoms in total. The molecule has 33 heavy (non-hydrogen) atoms. The van der Waals surface area contributed by atoms with Crippen LogP contribution in [0.25, 0.3) is 0 Å². The highest BCUT2D eigenvalue weighted by Gasteiger charge is 2.32. The number of anilines is 2. The number of carbonyl (C=O) groups excluding carboxylic acids is 1. The SMILES string of the molecule is COc1cc(Nc2ncnc(C(CC3CCNCC3)OC=O)c2[N+](=O)[O-])cc(OC)c1OC. The highest BCUT2D eigenvalue weighted by molar-refractivity contribution is 5.71. The number of nitrogens with zero attached hydrogens (tertiary/aromatic N) is 3. The second-order valence-electron chi connectivity index (χ2n) is 7.40. The Hall–Kier alpha value is -3.67. The molecule has 1 saturated heterocycles. The first-order valence-electron chi connectivity index (χ1n) is 10.4. The van der Waals surface area contributed by atoms with Gasteiger partial charge in [0.2, 0.25) is 11.6 Å². The van der Waals surface area contributed by atoms with Gasteiger partial charge in [0, 0.05) is 17.8 Å². The molecule has 1 aromatic carbocycles. The minimum atomic E-state index is -0.866. The van der Waals surface area contributed by atoms with Gasteiger partial charge in [0.25, 0.3) is 6.47 Å². The minimum Gasteiger partial charge on any atom is -0.493 e. The van der Waals surface area contributed by atoms with E-state index in [1.165, 1.54) is 27.7 Å². The van der Waals surface area contributed by atoms with Gasteiger partial charge < -0.3 is 29.6 Å². The average Bonchev–Trinajstić information content (AvgIpc) is 2.83. The first-order valence-corrected chi connectivity index (χ1v) is 10.4. The third kappa shape index (κ3) is 5.58. The molecule has 12 heteroatoms. The van der Waals surface area contributed by atoms with Crippen molar-refractivity contribution in [2.24, 2.45) is 5.92 Å². The maximum absolute atomic E-state index is 12.0. The normalized spacial score (nSPS) is 14.8. The van der Waals surface area contributed by atoms with Crippen LogP contribution in [0, 0.1) is 16.0 Å². The number of methoxy groups -OCH3 is 3. The Bertz CT molecular complexity index is 956. The Labute approximate surface area is 190 Å². The molecule has 1 fully saturated rings. The van der Waals surface area contributed by atoms with Gasteiger partial charge in [0.15, 0.2) is 23.3 Å². The fraction of sp³-hybridized carbons (Fsp3) is 0.476. The molecule has 0 radical (unpaired) electrons. The van der Waals surface area contributed by atoms with Crippen molar-refractivity contribution >= 4 is 23.7 Å². The molecule has 1 atom stereocenters. The van der Waals surface area contributed by atoms with Gasteiger partial charge in [0.05, 0.1) is 26.3 Å². The van der Waals surface area contributed by atoms with E-state index in [1.54, 1.807) is 12.1 Å². The van der Waals surface area contributed by atoms with Crippen molar-refractivity contribution in [3.05, 3.63) is 34.3 Å². The van der Waals surface area contributed by atoms with Crippen LogP contribution in [-0.4, -0.2) is 55.8 Å². The molecule has 1 aliphatic rings. The summed E-state index contributed by atoms with van der Waals surface area (Å²) in [7, 11) is 4.41. The van der Waals surface area contributed by atoms with Crippen molar-refractivity contribution in [1.29, 1.82) is 0 Å². The monoisotopic (exact) mass is 461 g/mol. The van der Waals surface area contributed by atoms with Gasteiger partial charge in [-0.05, 0) is 38.3 Å². The molecule has 2 N–H and O–H groups in total. The van der Waals surface area contributed by atoms with Crippen LogP contribution in [0.4, 0.5) is 17.2 Å². The van der Waals surface area contributed by atoms with Crippen LogP contribution in [0.1, 0.15) is 31.1 Å². The summed E-state index contributed by atoms with van der Waals surface area (Å²) >= 11 is 0. The lowest BCUT2D eigenvalue weighted by Gasteiger charge is -2.26. The number of nitrogens with one attached hydrogen (secondary N) is 2. The van der Waals surface area contributed by atoms with E-state index in [9.17, 15) is 14.9 Å². The van der Waals surface area contributed by atoms with Gasteiger partial charge in [-0.3, -0.25) is 14.9 Å². The Kier molecular flexibility index (Phi) is 8.19. The summed E-state index contributed by atoms with van der Waals surface area (Å²) in [5, 5.41) is 18.2. The Balaban J connectivity index is 1.99. The highest BCUT2D eigenvalue weighted by Crippen LogP contribution is 2.42. The molecule has 1 aliphatic heterocycles. The van der Waals surface area contributed by atoms with Crippen molar-refractivity contribution in [2.45, 2.75) is 25.4 Å². The molecule has 0 aliphatic carbocycles. The summed E-state index contributed by atoms with van der Waals surface area (Å²) in [5.41, 5.74) is 0.0890. The molecule has 0 spiro atoms. The lowest BCUT2D eigenvalue weighted by Crippen LogP contribution is -2.29. The largest absolute Gasteiger partial charge is 0.493 e. The fourth-order valence-electron chi connectivity index (χ4n) is 3.91. The number of rotatable bonds is 11. The topological polar surface area (TPSA) is 147 Å². The third-order valence-electron chi connectivity index (χ3n) is 5.49. The molecule has 3 rings (SSSR count). The van der Waals surface area contributed by atoms with Crippen LogP contribution < -0.4 is 24.8 Å². The fourth-order valence-corrected chi connectivity index (χ4v) is 3.91. The first kappa shape index (κ1) is 24.0. The number of piperidine rings is 1. The number of hydrogen-bond donors (Lipinski definition) is 2. The van der Waals surface area contributed by atoms with Crippen molar-refractivity contribution in [2.75, 3.05) is 39.7 Å². The summed E-state index contributed by atoms with van der Waals surface area (Å²) in [5.74, 6) is 1.31. The minimum absolute atomic E-state index is 0.0376.